The minimum atomic E-state index is -4.42. The second-order valence-electron chi connectivity index (χ2n) is 4.10. The molecule has 21 heavy (non-hydrogen) atoms. The van der Waals surface area contributed by atoms with Crippen molar-refractivity contribution in [2.24, 2.45) is 0 Å². The smallest absolute Gasteiger partial charge is 0.416 e. The summed E-state index contributed by atoms with van der Waals surface area (Å²) in [6, 6.07) is 7.20. The van der Waals surface area contributed by atoms with Crippen LogP contribution in [0.15, 0.2) is 42.6 Å². The first-order chi connectivity index (χ1) is 9.86. The molecule has 0 saturated carbocycles. The molecule has 0 aliphatic heterocycles. The molecule has 1 aromatic heterocycles. The predicted molar refractivity (Wildman–Crippen MR) is 66.7 cm³/mol. The van der Waals surface area contributed by atoms with Crippen LogP contribution in [-0.2, 0) is 12.8 Å². The highest BCUT2D eigenvalue weighted by Crippen LogP contribution is 2.29. The number of pyridine rings is 1. The molecule has 0 aliphatic carbocycles. The molecule has 0 amide bonds. The van der Waals surface area contributed by atoms with Gasteiger partial charge in [-0.05, 0) is 17.7 Å². The van der Waals surface area contributed by atoms with E-state index in [1.54, 1.807) is 0 Å². The maximum Gasteiger partial charge on any atom is 0.416 e. The van der Waals surface area contributed by atoms with Gasteiger partial charge in [0.2, 0.25) is 5.88 Å². The van der Waals surface area contributed by atoms with Gasteiger partial charge in [0.1, 0.15) is 12.8 Å². The first-order valence-electron chi connectivity index (χ1n) is 5.75. The van der Waals surface area contributed by atoms with Gasteiger partial charge in [-0.15, -0.1) is 0 Å². The average molecular weight is 298 g/mol. The SMILES string of the molecule is O=[N+]([O-])c1ccc(OCc2cccc(C(F)(F)F)c2)nc1. The standard InChI is InChI=1S/C13H9F3N2O3/c14-13(15,16)10-3-1-2-9(6-10)8-21-12-5-4-11(7-17-12)18(19)20/h1-7H,8H2. The van der Waals surface area contributed by atoms with Crippen molar-refractivity contribution in [3.63, 3.8) is 0 Å². The highest BCUT2D eigenvalue weighted by molar-refractivity contribution is 5.29. The van der Waals surface area contributed by atoms with Crippen LogP contribution in [-0.4, -0.2) is 9.91 Å². The van der Waals surface area contributed by atoms with E-state index in [1.807, 2.05) is 0 Å². The number of hydrogen-bond acceptors (Lipinski definition) is 4. The fourth-order valence-electron chi connectivity index (χ4n) is 1.56. The van der Waals surface area contributed by atoms with E-state index < -0.39 is 16.7 Å². The minimum Gasteiger partial charge on any atom is -0.473 e. The zero-order chi connectivity index (χ0) is 15.5. The molecule has 0 saturated heterocycles. The van der Waals surface area contributed by atoms with Crippen LogP contribution in [0.25, 0.3) is 0 Å². The molecule has 5 nitrogen and oxygen atoms in total. The molecular weight excluding hydrogens is 289 g/mol. The van der Waals surface area contributed by atoms with Crippen LogP contribution in [0, 0.1) is 10.1 Å². The Hall–Kier alpha value is -2.64. The van der Waals surface area contributed by atoms with E-state index in [0.717, 1.165) is 18.3 Å². The summed E-state index contributed by atoms with van der Waals surface area (Å²) in [6.07, 6.45) is -3.40. The molecular formula is C13H9F3N2O3. The molecule has 1 aromatic carbocycles. The van der Waals surface area contributed by atoms with E-state index in [0.29, 0.717) is 5.56 Å². The monoisotopic (exact) mass is 298 g/mol. The van der Waals surface area contributed by atoms with E-state index in [9.17, 15) is 23.3 Å². The minimum absolute atomic E-state index is 0.0954. The van der Waals surface area contributed by atoms with Crippen molar-refractivity contribution in [3.8, 4) is 5.88 Å². The Balaban J connectivity index is 2.04. The summed E-state index contributed by atoms with van der Waals surface area (Å²) in [5.74, 6) is 0.0954. The highest BCUT2D eigenvalue weighted by atomic mass is 19.4. The lowest BCUT2D eigenvalue weighted by atomic mass is 10.1. The zero-order valence-electron chi connectivity index (χ0n) is 10.5. The topological polar surface area (TPSA) is 65.3 Å². The van der Waals surface area contributed by atoms with Crippen LogP contribution in [0.5, 0.6) is 5.88 Å². The van der Waals surface area contributed by atoms with Gasteiger partial charge >= 0.3 is 6.18 Å². The predicted octanol–water partition coefficient (Wildman–Crippen LogP) is 3.59. The number of rotatable bonds is 4. The van der Waals surface area contributed by atoms with Crippen molar-refractivity contribution < 1.29 is 22.8 Å². The van der Waals surface area contributed by atoms with Crippen molar-refractivity contribution in [3.05, 3.63) is 63.8 Å². The summed E-state index contributed by atoms with van der Waals surface area (Å²) in [6.45, 7) is -0.116. The van der Waals surface area contributed by atoms with Gasteiger partial charge in [0.05, 0.1) is 10.5 Å². The Morgan fingerprint density at radius 2 is 2.00 bits per heavy atom. The molecule has 2 rings (SSSR count). The number of halogens is 3. The van der Waals surface area contributed by atoms with Gasteiger partial charge in [0.15, 0.2) is 0 Å². The maximum absolute atomic E-state index is 12.5. The van der Waals surface area contributed by atoms with E-state index in [2.05, 4.69) is 4.98 Å². The number of benzene rings is 1. The summed E-state index contributed by atoms with van der Waals surface area (Å²) in [5.41, 5.74) is -0.633. The van der Waals surface area contributed by atoms with Crippen molar-refractivity contribution in [1.82, 2.24) is 4.98 Å². The van der Waals surface area contributed by atoms with Crippen LogP contribution < -0.4 is 4.74 Å². The second-order valence-corrected chi connectivity index (χ2v) is 4.10. The largest absolute Gasteiger partial charge is 0.473 e. The second kappa shape index (κ2) is 5.78. The third kappa shape index (κ3) is 3.91. The number of alkyl halides is 3. The van der Waals surface area contributed by atoms with Crippen molar-refractivity contribution in [2.45, 2.75) is 12.8 Å². The lowest BCUT2D eigenvalue weighted by molar-refractivity contribution is -0.385. The Morgan fingerprint density at radius 1 is 1.24 bits per heavy atom. The Morgan fingerprint density at radius 3 is 2.57 bits per heavy atom. The fourth-order valence-corrected chi connectivity index (χ4v) is 1.56. The van der Waals surface area contributed by atoms with Gasteiger partial charge in [-0.2, -0.15) is 13.2 Å². The molecule has 110 valence electrons. The van der Waals surface area contributed by atoms with Gasteiger partial charge < -0.3 is 4.74 Å². The molecule has 0 unspecified atom stereocenters. The summed E-state index contributed by atoms with van der Waals surface area (Å²) >= 11 is 0. The molecule has 2 aromatic rings. The lowest BCUT2D eigenvalue weighted by Gasteiger charge is -2.09. The van der Waals surface area contributed by atoms with Crippen molar-refractivity contribution in [2.75, 3.05) is 0 Å². The van der Waals surface area contributed by atoms with E-state index >= 15 is 0 Å². The van der Waals surface area contributed by atoms with Crippen molar-refractivity contribution >= 4 is 5.69 Å². The molecule has 0 bridgehead atoms. The van der Waals surface area contributed by atoms with Gasteiger partial charge in [-0.3, -0.25) is 10.1 Å². The van der Waals surface area contributed by atoms with Crippen LogP contribution >= 0.6 is 0 Å². The maximum atomic E-state index is 12.5. The van der Waals surface area contributed by atoms with Crippen molar-refractivity contribution in [1.29, 1.82) is 0 Å². The van der Waals surface area contributed by atoms with Gasteiger partial charge in [0, 0.05) is 12.1 Å². The molecule has 8 heteroatoms. The normalized spacial score (nSPS) is 11.2. The number of hydrogen-bond donors (Lipinski definition) is 0. The first-order valence-corrected chi connectivity index (χ1v) is 5.75. The molecule has 1 heterocycles. The van der Waals surface area contributed by atoms with Gasteiger partial charge in [-0.25, -0.2) is 4.98 Å². The van der Waals surface area contributed by atoms with Gasteiger partial charge in [-0.1, -0.05) is 12.1 Å². The fraction of sp³-hybridized carbons (Fsp3) is 0.154. The van der Waals surface area contributed by atoms with E-state index in [1.165, 1.54) is 24.3 Å². The number of nitrogens with zero attached hydrogens (tertiary/aromatic N) is 2. The molecule has 0 N–H and O–H groups in total. The Labute approximate surface area is 117 Å². The summed E-state index contributed by atoms with van der Waals surface area (Å²) in [7, 11) is 0. The first kappa shape index (κ1) is 14.8. The lowest BCUT2D eigenvalue weighted by Crippen LogP contribution is -2.06. The summed E-state index contributed by atoms with van der Waals surface area (Å²) in [5, 5.41) is 10.4. The highest BCUT2D eigenvalue weighted by Gasteiger charge is 2.30. The van der Waals surface area contributed by atoms with Crippen LogP contribution in [0.3, 0.4) is 0 Å². The summed E-state index contributed by atoms with van der Waals surface area (Å²) in [4.78, 5) is 13.5. The van der Waals surface area contributed by atoms with E-state index in [-0.39, 0.29) is 18.2 Å². The molecule has 0 fully saturated rings. The van der Waals surface area contributed by atoms with Crippen LogP contribution in [0.1, 0.15) is 11.1 Å². The number of aromatic nitrogens is 1. The molecule has 0 aliphatic rings. The number of nitro groups is 1. The number of ether oxygens (including phenoxy) is 1. The zero-order valence-corrected chi connectivity index (χ0v) is 10.5. The van der Waals surface area contributed by atoms with E-state index in [4.69, 9.17) is 4.74 Å². The molecule has 0 atom stereocenters. The average Bonchev–Trinajstić information content (AvgIpc) is 2.45. The Bertz CT molecular complexity index is 642. The van der Waals surface area contributed by atoms with Crippen LogP contribution in [0.2, 0.25) is 0 Å². The molecule has 0 radical (unpaired) electrons. The third-order valence-corrected chi connectivity index (χ3v) is 2.57. The summed E-state index contributed by atoms with van der Waals surface area (Å²) < 4.78 is 42.8. The third-order valence-electron chi connectivity index (χ3n) is 2.57. The van der Waals surface area contributed by atoms with Crippen LogP contribution in [0.4, 0.5) is 18.9 Å². The quantitative estimate of drug-likeness (QED) is 0.639. The Kier molecular flexibility index (Phi) is 4.06. The van der Waals surface area contributed by atoms with Gasteiger partial charge in [0.25, 0.3) is 5.69 Å². The molecule has 0 spiro atoms.